The third-order valence-corrected chi connectivity index (χ3v) is 5.40. The van der Waals surface area contributed by atoms with E-state index in [1.54, 1.807) is 6.07 Å². The number of benzene rings is 1. The fraction of sp³-hybridized carbons (Fsp3) is 0.647. The normalized spacial score (nSPS) is 34.3. The lowest BCUT2D eigenvalue weighted by Crippen LogP contribution is -2.46. The lowest BCUT2D eigenvalue weighted by molar-refractivity contribution is 0.00440. The molecule has 0 aromatic heterocycles. The molecule has 20 heavy (non-hydrogen) atoms. The maximum atomic E-state index is 13.6. The van der Waals surface area contributed by atoms with Crippen molar-refractivity contribution in [1.29, 1.82) is 0 Å². The van der Waals surface area contributed by atoms with E-state index < -0.39 is 0 Å². The summed E-state index contributed by atoms with van der Waals surface area (Å²) in [6.45, 7) is 2.06. The average molecular weight is 277 g/mol. The predicted molar refractivity (Wildman–Crippen MR) is 78.3 cm³/mol. The van der Waals surface area contributed by atoms with Crippen LogP contribution in [0.3, 0.4) is 0 Å². The van der Waals surface area contributed by atoms with Gasteiger partial charge in [0.1, 0.15) is 5.82 Å². The lowest BCUT2D eigenvalue weighted by Gasteiger charge is -2.48. The second kappa shape index (κ2) is 5.82. The number of halogens is 1. The van der Waals surface area contributed by atoms with Crippen molar-refractivity contribution in [1.82, 2.24) is 5.32 Å². The molecule has 1 saturated carbocycles. The molecule has 0 amide bonds. The number of hydrogen-bond acceptors (Lipinski definition) is 2. The van der Waals surface area contributed by atoms with Gasteiger partial charge in [-0.2, -0.15) is 0 Å². The Labute approximate surface area is 120 Å². The van der Waals surface area contributed by atoms with Gasteiger partial charge in [-0.1, -0.05) is 12.1 Å². The molecular formula is C17H24FNO. The highest BCUT2D eigenvalue weighted by molar-refractivity contribution is 5.25. The molecular weight excluding hydrogens is 253 g/mol. The van der Waals surface area contributed by atoms with Crippen LogP contribution in [0.15, 0.2) is 24.3 Å². The number of rotatable bonds is 2. The van der Waals surface area contributed by atoms with Gasteiger partial charge in [0.25, 0.3) is 0 Å². The van der Waals surface area contributed by atoms with Gasteiger partial charge in [0.15, 0.2) is 0 Å². The minimum absolute atomic E-state index is 0.117. The Bertz CT molecular complexity index is 454. The van der Waals surface area contributed by atoms with E-state index in [0.29, 0.717) is 17.4 Å². The van der Waals surface area contributed by atoms with Gasteiger partial charge in [-0.3, -0.25) is 0 Å². The van der Waals surface area contributed by atoms with Crippen LogP contribution in [0.5, 0.6) is 0 Å². The number of methoxy groups -OCH3 is 1. The van der Waals surface area contributed by atoms with Crippen LogP contribution in [-0.4, -0.2) is 26.3 Å². The van der Waals surface area contributed by atoms with Crippen LogP contribution >= 0.6 is 0 Å². The quantitative estimate of drug-likeness (QED) is 0.893. The zero-order valence-corrected chi connectivity index (χ0v) is 12.2. The van der Waals surface area contributed by atoms with Gasteiger partial charge in [0, 0.05) is 19.6 Å². The van der Waals surface area contributed by atoms with E-state index in [0.717, 1.165) is 31.5 Å². The van der Waals surface area contributed by atoms with Crippen LogP contribution in [0, 0.1) is 11.2 Å². The monoisotopic (exact) mass is 277 g/mol. The lowest BCUT2D eigenvalue weighted by atomic mass is 9.60. The van der Waals surface area contributed by atoms with Crippen molar-refractivity contribution in [3.05, 3.63) is 35.6 Å². The zero-order chi connectivity index (χ0) is 14.0. The van der Waals surface area contributed by atoms with Crippen LogP contribution in [0.25, 0.3) is 0 Å². The first-order valence-electron chi connectivity index (χ1n) is 7.72. The molecule has 1 aliphatic carbocycles. The van der Waals surface area contributed by atoms with Crippen molar-refractivity contribution in [3.63, 3.8) is 0 Å². The molecule has 1 saturated heterocycles. The van der Waals surface area contributed by atoms with E-state index in [9.17, 15) is 4.39 Å². The highest BCUT2D eigenvalue weighted by Gasteiger charge is 2.43. The summed E-state index contributed by atoms with van der Waals surface area (Å²) >= 11 is 0. The first-order valence-corrected chi connectivity index (χ1v) is 7.72. The van der Waals surface area contributed by atoms with Gasteiger partial charge >= 0.3 is 0 Å². The molecule has 0 radical (unpaired) electrons. The second-order valence-corrected chi connectivity index (χ2v) is 6.36. The minimum atomic E-state index is -0.117. The molecule has 3 heteroatoms. The molecule has 110 valence electrons. The standard InChI is InChI=1S/C17H24FNO/c1-20-15-5-7-17(8-6-15)9-10-19-12-16(17)13-3-2-4-14(18)11-13/h2-4,11,15-16,19H,5-10,12H2,1H3. The van der Waals surface area contributed by atoms with Crippen LogP contribution < -0.4 is 5.32 Å². The van der Waals surface area contributed by atoms with Crippen molar-refractivity contribution >= 4 is 0 Å². The fourth-order valence-corrected chi connectivity index (χ4v) is 4.17. The van der Waals surface area contributed by atoms with E-state index in [1.165, 1.54) is 25.3 Å². The average Bonchev–Trinajstić information content (AvgIpc) is 2.48. The molecule has 1 N–H and O–H groups in total. The summed E-state index contributed by atoms with van der Waals surface area (Å²) in [5.41, 5.74) is 1.50. The zero-order valence-electron chi connectivity index (χ0n) is 12.2. The second-order valence-electron chi connectivity index (χ2n) is 6.36. The molecule has 2 nitrogen and oxygen atoms in total. The number of nitrogens with one attached hydrogen (secondary N) is 1. The van der Waals surface area contributed by atoms with E-state index in [1.807, 2.05) is 13.2 Å². The van der Waals surface area contributed by atoms with Crippen molar-refractivity contribution < 1.29 is 9.13 Å². The molecule has 1 aromatic rings. The summed E-state index contributed by atoms with van der Waals surface area (Å²) < 4.78 is 19.1. The van der Waals surface area contributed by atoms with Gasteiger partial charge in [0.2, 0.25) is 0 Å². The maximum Gasteiger partial charge on any atom is 0.123 e. The van der Waals surface area contributed by atoms with Crippen LogP contribution in [0.2, 0.25) is 0 Å². The summed E-state index contributed by atoms with van der Waals surface area (Å²) in [7, 11) is 1.81. The molecule has 1 atom stereocenters. The molecule has 1 aliphatic heterocycles. The van der Waals surface area contributed by atoms with Gasteiger partial charge in [-0.05, 0) is 61.8 Å². The molecule has 1 spiro atoms. The number of hydrogen-bond donors (Lipinski definition) is 1. The molecule has 1 aromatic carbocycles. The summed E-state index contributed by atoms with van der Waals surface area (Å²) in [6.07, 6.45) is 6.31. The van der Waals surface area contributed by atoms with Crippen LogP contribution in [0.4, 0.5) is 4.39 Å². The first kappa shape index (κ1) is 14.0. The van der Waals surface area contributed by atoms with Crippen molar-refractivity contribution in [2.75, 3.05) is 20.2 Å². The van der Waals surface area contributed by atoms with Gasteiger partial charge in [-0.25, -0.2) is 4.39 Å². The van der Waals surface area contributed by atoms with Gasteiger partial charge in [0.05, 0.1) is 6.10 Å². The Morgan fingerprint density at radius 1 is 1.25 bits per heavy atom. The highest BCUT2D eigenvalue weighted by Crippen LogP contribution is 2.51. The minimum Gasteiger partial charge on any atom is -0.381 e. The van der Waals surface area contributed by atoms with E-state index in [4.69, 9.17) is 4.74 Å². The van der Waals surface area contributed by atoms with Gasteiger partial charge in [-0.15, -0.1) is 0 Å². The van der Waals surface area contributed by atoms with E-state index >= 15 is 0 Å². The number of piperidine rings is 1. The van der Waals surface area contributed by atoms with Crippen molar-refractivity contribution in [2.24, 2.45) is 5.41 Å². The molecule has 1 heterocycles. The van der Waals surface area contributed by atoms with Crippen molar-refractivity contribution in [2.45, 2.75) is 44.1 Å². The Hall–Kier alpha value is -0.930. The van der Waals surface area contributed by atoms with Crippen LogP contribution in [-0.2, 0) is 4.74 Å². The first-order chi connectivity index (χ1) is 9.73. The smallest absolute Gasteiger partial charge is 0.123 e. The summed E-state index contributed by atoms with van der Waals surface area (Å²) in [5.74, 6) is 0.318. The Kier molecular flexibility index (Phi) is 4.08. The van der Waals surface area contributed by atoms with E-state index in [-0.39, 0.29) is 5.82 Å². The summed E-state index contributed by atoms with van der Waals surface area (Å²) in [4.78, 5) is 0. The molecule has 0 bridgehead atoms. The molecule has 2 aliphatic rings. The highest BCUT2D eigenvalue weighted by atomic mass is 19.1. The summed E-state index contributed by atoms with van der Waals surface area (Å²) in [6, 6.07) is 7.19. The third kappa shape index (κ3) is 2.61. The molecule has 3 rings (SSSR count). The fourth-order valence-electron chi connectivity index (χ4n) is 4.17. The SMILES string of the molecule is COC1CCC2(CCNCC2c2cccc(F)c2)CC1. The number of ether oxygens (including phenoxy) is 1. The molecule has 2 fully saturated rings. The Morgan fingerprint density at radius 2 is 2.05 bits per heavy atom. The van der Waals surface area contributed by atoms with Crippen LogP contribution in [0.1, 0.15) is 43.6 Å². The van der Waals surface area contributed by atoms with Crippen molar-refractivity contribution in [3.8, 4) is 0 Å². The third-order valence-electron chi connectivity index (χ3n) is 5.40. The summed E-state index contributed by atoms with van der Waals surface area (Å²) in [5, 5.41) is 3.50. The van der Waals surface area contributed by atoms with Gasteiger partial charge < -0.3 is 10.1 Å². The largest absolute Gasteiger partial charge is 0.381 e. The Morgan fingerprint density at radius 3 is 2.75 bits per heavy atom. The maximum absolute atomic E-state index is 13.6. The topological polar surface area (TPSA) is 21.3 Å². The predicted octanol–water partition coefficient (Wildman–Crippen LogP) is 3.48. The molecule has 1 unspecified atom stereocenters. The van der Waals surface area contributed by atoms with E-state index in [2.05, 4.69) is 11.4 Å². The Balaban J connectivity index is 1.84.